The average molecular weight is 207 g/mol. The van der Waals surface area contributed by atoms with Crippen LogP contribution in [0.25, 0.3) is 0 Å². The van der Waals surface area contributed by atoms with Crippen LogP contribution < -0.4 is 4.90 Å². The molecule has 0 radical (unpaired) electrons. The quantitative estimate of drug-likeness (QED) is 0.795. The van der Waals surface area contributed by atoms with Crippen LogP contribution in [-0.4, -0.2) is 30.9 Å². The molecule has 1 heterocycles. The first-order valence-electron chi connectivity index (χ1n) is 5.36. The molecule has 1 unspecified atom stereocenters. The molecule has 0 spiro atoms. The Hall–Kier alpha value is -1.06. The SMILES string of the molecule is CC1CN(c2ccccc2CO)CCO1. The second kappa shape index (κ2) is 4.64. The van der Waals surface area contributed by atoms with E-state index in [4.69, 9.17) is 4.74 Å². The number of aliphatic hydroxyl groups excluding tert-OH is 1. The van der Waals surface area contributed by atoms with Crippen LogP contribution in [0.5, 0.6) is 0 Å². The molecule has 0 bridgehead atoms. The lowest BCUT2D eigenvalue weighted by molar-refractivity contribution is 0.0531. The van der Waals surface area contributed by atoms with Gasteiger partial charge in [-0.25, -0.2) is 0 Å². The van der Waals surface area contributed by atoms with Crippen molar-refractivity contribution in [2.24, 2.45) is 0 Å². The normalized spacial score (nSPS) is 21.7. The Morgan fingerprint density at radius 3 is 3.00 bits per heavy atom. The van der Waals surface area contributed by atoms with Crippen molar-refractivity contribution < 1.29 is 9.84 Å². The van der Waals surface area contributed by atoms with Crippen LogP contribution in [-0.2, 0) is 11.3 Å². The van der Waals surface area contributed by atoms with Crippen molar-refractivity contribution in [3.05, 3.63) is 29.8 Å². The van der Waals surface area contributed by atoms with Crippen molar-refractivity contribution in [2.45, 2.75) is 19.6 Å². The van der Waals surface area contributed by atoms with E-state index in [1.165, 1.54) is 0 Å². The molecule has 1 fully saturated rings. The van der Waals surface area contributed by atoms with Crippen molar-refractivity contribution in [2.75, 3.05) is 24.6 Å². The highest BCUT2D eigenvalue weighted by Crippen LogP contribution is 2.22. The van der Waals surface area contributed by atoms with Crippen LogP contribution in [0.15, 0.2) is 24.3 Å². The van der Waals surface area contributed by atoms with Gasteiger partial charge in [-0.15, -0.1) is 0 Å². The molecule has 2 rings (SSSR count). The smallest absolute Gasteiger partial charge is 0.0722 e. The Morgan fingerprint density at radius 1 is 1.47 bits per heavy atom. The highest BCUT2D eigenvalue weighted by atomic mass is 16.5. The summed E-state index contributed by atoms with van der Waals surface area (Å²) in [6, 6.07) is 7.99. The summed E-state index contributed by atoms with van der Waals surface area (Å²) in [7, 11) is 0. The van der Waals surface area contributed by atoms with Gasteiger partial charge in [-0.05, 0) is 13.0 Å². The topological polar surface area (TPSA) is 32.7 Å². The van der Waals surface area contributed by atoms with Gasteiger partial charge in [0.1, 0.15) is 0 Å². The molecule has 1 N–H and O–H groups in total. The molecular formula is C12H17NO2. The molecule has 82 valence electrons. The molecule has 3 heteroatoms. The predicted molar refractivity (Wildman–Crippen MR) is 60.0 cm³/mol. The zero-order valence-electron chi connectivity index (χ0n) is 9.02. The van der Waals surface area contributed by atoms with Crippen molar-refractivity contribution in [1.82, 2.24) is 0 Å². The third kappa shape index (κ3) is 2.30. The summed E-state index contributed by atoms with van der Waals surface area (Å²) in [5, 5.41) is 9.26. The van der Waals surface area contributed by atoms with Gasteiger partial charge in [-0.3, -0.25) is 0 Å². The fourth-order valence-corrected chi connectivity index (χ4v) is 1.99. The number of para-hydroxylation sites is 1. The maximum Gasteiger partial charge on any atom is 0.0722 e. The summed E-state index contributed by atoms with van der Waals surface area (Å²) in [6.07, 6.45) is 0.269. The van der Waals surface area contributed by atoms with Crippen LogP contribution in [0.3, 0.4) is 0 Å². The number of aliphatic hydroxyl groups is 1. The highest BCUT2D eigenvalue weighted by Gasteiger charge is 2.18. The van der Waals surface area contributed by atoms with E-state index in [1.807, 2.05) is 18.2 Å². The minimum absolute atomic E-state index is 0.0991. The van der Waals surface area contributed by atoms with E-state index in [2.05, 4.69) is 17.9 Å². The molecule has 1 saturated heterocycles. The van der Waals surface area contributed by atoms with E-state index < -0.39 is 0 Å². The van der Waals surface area contributed by atoms with Crippen LogP contribution in [0.4, 0.5) is 5.69 Å². The first-order valence-corrected chi connectivity index (χ1v) is 5.36. The Balaban J connectivity index is 2.20. The lowest BCUT2D eigenvalue weighted by atomic mass is 10.1. The number of hydrogen-bond acceptors (Lipinski definition) is 3. The summed E-state index contributed by atoms with van der Waals surface area (Å²) in [6.45, 7) is 4.74. The standard InChI is InChI=1S/C12H17NO2/c1-10-8-13(6-7-15-10)12-5-3-2-4-11(12)9-14/h2-5,10,14H,6-9H2,1H3. The maximum absolute atomic E-state index is 9.26. The second-order valence-electron chi connectivity index (χ2n) is 3.91. The summed E-state index contributed by atoms with van der Waals surface area (Å²) in [5.74, 6) is 0. The van der Waals surface area contributed by atoms with Crippen molar-refractivity contribution >= 4 is 5.69 Å². The third-order valence-corrected chi connectivity index (χ3v) is 2.74. The van der Waals surface area contributed by atoms with Crippen molar-refractivity contribution in [3.63, 3.8) is 0 Å². The maximum atomic E-state index is 9.26. The monoisotopic (exact) mass is 207 g/mol. The zero-order valence-corrected chi connectivity index (χ0v) is 9.02. The first kappa shape index (κ1) is 10.5. The molecule has 3 nitrogen and oxygen atoms in total. The van der Waals surface area contributed by atoms with Gasteiger partial charge in [0.2, 0.25) is 0 Å². The number of anilines is 1. The minimum Gasteiger partial charge on any atom is -0.392 e. The van der Waals surface area contributed by atoms with Crippen LogP contribution in [0.2, 0.25) is 0 Å². The fourth-order valence-electron chi connectivity index (χ4n) is 1.99. The van der Waals surface area contributed by atoms with Gasteiger partial charge in [0.05, 0.1) is 19.3 Å². The molecule has 1 aliphatic heterocycles. The Morgan fingerprint density at radius 2 is 2.27 bits per heavy atom. The lowest BCUT2D eigenvalue weighted by Gasteiger charge is -2.34. The van der Waals surface area contributed by atoms with E-state index in [1.54, 1.807) is 0 Å². The van der Waals surface area contributed by atoms with Gasteiger partial charge in [-0.2, -0.15) is 0 Å². The van der Waals surface area contributed by atoms with E-state index in [0.29, 0.717) is 0 Å². The number of morpholine rings is 1. The molecule has 1 aromatic carbocycles. The molecule has 1 aliphatic rings. The lowest BCUT2D eigenvalue weighted by Crippen LogP contribution is -2.41. The molecule has 0 aromatic heterocycles. The van der Waals surface area contributed by atoms with Crippen LogP contribution in [0, 0.1) is 0 Å². The number of nitrogens with zero attached hydrogens (tertiary/aromatic N) is 1. The van der Waals surface area contributed by atoms with E-state index in [9.17, 15) is 5.11 Å². The number of benzene rings is 1. The summed E-state index contributed by atoms with van der Waals surface area (Å²) >= 11 is 0. The van der Waals surface area contributed by atoms with Crippen LogP contribution in [0.1, 0.15) is 12.5 Å². The van der Waals surface area contributed by atoms with Crippen molar-refractivity contribution in [1.29, 1.82) is 0 Å². The van der Waals surface area contributed by atoms with Gasteiger partial charge >= 0.3 is 0 Å². The Bertz CT molecular complexity index is 327. The zero-order chi connectivity index (χ0) is 10.7. The Labute approximate surface area is 90.3 Å². The number of ether oxygens (including phenoxy) is 1. The average Bonchev–Trinajstić information content (AvgIpc) is 2.29. The Kier molecular flexibility index (Phi) is 3.23. The molecule has 1 aromatic rings. The highest BCUT2D eigenvalue weighted by molar-refractivity contribution is 5.53. The number of hydrogen-bond donors (Lipinski definition) is 1. The molecule has 0 amide bonds. The van der Waals surface area contributed by atoms with E-state index >= 15 is 0 Å². The molecule has 1 atom stereocenters. The predicted octanol–water partition coefficient (Wildman–Crippen LogP) is 1.40. The van der Waals surface area contributed by atoms with Gasteiger partial charge in [0.15, 0.2) is 0 Å². The third-order valence-electron chi connectivity index (χ3n) is 2.74. The van der Waals surface area contributed by atoms with E-state index in [-0.39, 0.29) is 12.7 Å². The summed E-state index contributed by atoms with van der Waals surface area (Å²) < 4.78 is 5.50. The molecular weight excluding hydrogens is 190 g/mol. The molecule has 15 heavy (non-hydrogen) atoms. The molecule has 0 aliphatic carbocycles. The molecule has 0 saturated carbocycles. The second-order valence-corrected chi connectivity index (χ2v) is 3.91. The van der Waals surface area contributed by atoms with Gasteiger partial charge in [0, 0.05) is 24.3 Å². The number of rotatable bonds is 2. The van der Waals surface area contributed by atoms with Gasteiger partial charge < -0.3 is 14.7 Å². The summed E-state index contributed by atoms with van der Waals surface area (Å²) in [4.78, 5) is 2.28. The fraction of sp³-hybridized carbons (Fsp3) is 0.500. The largest absolute Gasteiger partial charge is 0.392 e. The van der Waals surface area contributed by atoms with Gasteiger partial charge in [-0.1, -0.05) is 18.2 Å². The minimum atomic E-state index is 0.0991. The first-order chi connectivity index (χ1) is 7.31. The van der Waals surface area contributed by atoms with Gasteiger partial charge in [0.25, 0.3) is 0 Å². The van der Waals surface area contributed by atoms with Crippen LogP contribution >= 0.6 is 0 Å². The van der Waals surface area contributed by atoms with E-state index in [0.717, 1.165) is 30.9 Å². The van der Waals surface area contributed by atoms with Crippen molar-refractivity contribution in [3.8, 4) is 0 Å². The summed E-state index contributed by atoms with van der Waals surface area (Å²) in [5.41, 5.74) is 2.13.